The molecule has 1 heterocycles. The van der Waals surface area contributed by atoms with Crippen LogP contribution < -0.4 is 15.2 Å². The summed E-state index contributed by atoms with van der Waals surface area (Å²) in [5.41, 5.74) is 7.33. The van der Waals surface area contributed by atoms with Crippen LogP contribution >= 0.6 is 0 Å². The summed E-state index contributed by atoms with van der Waals surface area (Å²) < 4.78 is 17.1. The molecule has 128 valence electrons. The van der Waals surface area contributed by atoms with E-state index in [2.05, 4.69) is 10.1 Å². The molecule has 0 fully saturated rings. The van der Waals surface area contributed by atoms with Gasteiger partial charge < -0.3 is 19.9 Å². The van der Waals surface area contributed by atoms with Gasteiger partial charge in [0, 0.05) is 6.92 Å². The van der Waals surface area contributed by atoms with Gasteiger partial charge in [-0.1, -0.05) is 0 Å². The molecule has 0 radical (unpaired) electrons. The zero-order valence-electron chi connectivity index (χ0n) is 13.9. The number of nitrogen functional groups attached to an aromatic ring is 1. The monoisotopic (exact) mass is 332 g/mol. The lowest BCUT2D eigenvalue weighted by Gasteiger charge is -2.11. The number of esters is 1. The van der Waals surface area contributed by atoms with Crippen LogP contribution in [0.5, 0.6) is 11.5 Å². The van der Waals surface area contributed by atoms with Crippen LogP contribution in [0.25, 0.3) is 0 Å². The van der Waals surface area contributed by atoms with Gasteiger partial charge in [0.25, 0.3) is 0 Å². The van der Waals surface area contributed by atoms with Gasteiger partial charge in [-0.3, -0.25) is 4.79 Å². The predicted molar refractivity (Wildman–Crippen MR) is 89.5 cm³/mol. The second kappa shape index (κ2) is 8.00. The molecule has 0 saturated carbocycles. The number of nitrogens with two attached hydrogens (primary N) is 1. The zero-order chi connectivity index (χ0) is 17.5. The van der Waals surface area contributed by atoms with Gasteiger partial charge in [-0.05, 0) is 30.7 Å². The SMILES string of the molecule is COc1cc(C=Nn2cc(C)nc2N)ccc1OCCOC(C)=O. The first-order valence-corrected chi connectivity index (χ1v) is 7.29. The number of aryl methyl sites for hydroxylation is 1. The van der Waals surface area contributed by atoms with E-state index < -0.39 is 0 Å². The fraction of sp³-hybridized carbons (Fsp3) is 0.312. The van der Waals surface area contributed by atoms with Crippen LogP contribution in [0.4, 0.5) is 5.95 Å². The van der Waals surface area contributed by atoms with Crippen LogP contribution in [-0.2, 0) is 9.53 Å². The molecule has 1 aromatic carbocycles. The molecule has 0 aliphatic carbocycles. The van der Waals surface area contributed by atoms with Crippen LogP contribution in [0.2, 0.25) is 0 Å². The van der Waals surface area contributed by atoms with Crippen molar-refractivity contribution in [3.63, 3.8) is 0 Å². The molecule has 0 aliphatic heterocycles. The van der Waals surface area contributed by atoms with Crippen molar-refractivity contribution in [2.45, 2.75) is 13.8 Å². The molecule has 2 rings (SSSR count). The second-order valence-electron chi connectivity index (χ2n) is 4.93. The number of methoxy groups -OCH3 is 1. The molecule has 0 amide bonds. The van der Waals surface area contributed by atoms with Gasteiger partial charge >= 0.3 is 5.97 Å². The van der Waals surface area contributed by atoms with Crippen LogP contribution in [0.15, 0.2) is 29.5 Å². The van der Waals surface area contributed by atoms with Crippen molar-refractivity contribution < 1.29 is 19.0 Å². The maximum atomic E-state index is 10.7. The van der Waals surface area contributed by atoms with Crippen LogP contribution in [0.1, 0.15) is 18.2 Å². The van der Waals surface area contributed by atoms with Crippen molar-refractivity contribution >= 4 is 18.1 Å². The maximum Gasteiger partial charge on any atom is 0.302 e. The van der Waals surface area contributed by atoms with Gasteiger partial charge in [0.2, 0.25) is 5.95 Å². The van der Waals surface area contributed by atoms with Gasteiger partial charge in [-0.25, -0.2) is 9.66 Å². The van der Waals surface area contributed by atoms with E-state index in [1.54, 1.807) is 31.7 Å². The molecule has 0 saturated heterocycles. The Morgan fingerprint density at radius 3 is 2.79 bits per heavy atom. The molecule has 24 heavy (non-hydrogen) atoms. The number of rotatable bonds is 7. The predicted octanol–water partition coefficient (Wildman–Crippen LogP) is 1.61. The van der Waals surface area contributed by atoms with E-state index in [-0.39, 0.29) is 19.2 Å². The number of carbonyl (C=O) groups is 1. The average molecular weight is 332 g/mol. The van der Waals surface area contributed by atoms with E-state index in [1.807, 2.05) is 13.0 Å². The largest absolute Gasteiger partial charge is 0.493 e. The van der Waals surface area contributed by atoms with Gasteiger partial charge in [-0.15, -0.1) is 0 Å². The molecule has 0 unspecified atom stereocenters. The summed E-state index contributed by atoms with van der Waals surface area (Å²) in [6.45, 7) is 3.62. The molecule has 0 atom stereocenters. The van der Waals surface area contributed by atoms with E-state index in [0.29, 0.717) is 17.4 Å². The molecular weight excluding hydrogens is 312 g/mol. The molecule has 8 nitrogen and oxygen atoms in total. The van der Waals surface area contributed by atoms with Gasteiger partial charge in [0.1, 0.15) is 13.2 Å². The van der Waals surface area contributed by atoms with Crippen molar-refractivity contribution in [1.29, 1.82) is 0 Å². The number of hydrogen-bond donors (Lipinski definition) is 1. The Kier molecular flexibility index (Phi) is 5.78. The lowest BCUT2D eigenvalue weighted by Crippen LogP contribution is -2.10. The minimum Gasteiger partial charge on any atom is -0.493 e. The Morgan fingerprint density at radius 2 is 2.17 bits per heavy atom. The highest BCUT2D eigenvalue weighted by atomic mass is 16.6. The van der Waals surface area contributed by atoms with Crippen molar-refractivity contribution in [3.8, 4) is 11.5 Å². The summed E-state index contributed by atoms with van der Waals surface area (Å²) in [5.74, 6) is 1.09. The third kappa shape index (κ3) is 4.73. The van der Waals surface area contributed by atoms with Crippen LogP contribution in [0, 0.1) is 6.92 Å². The summed E-state index contributed by atoms with van der Waals surface area (Å²) in [6, 6.07) is 5.37. The molecule has 2 N–H and O–H groups in total. The molecule has 8 heteroatoms. The number of ether oxygens (including phenoxy) is 3. The number of carbonyl (C=O) groups excluding carboxylic acids is 1. The van der Waals surface area contributed by atoms with Crippen molar-refractivity contribution in [2.75, 3.05) is 26.1 Å². The highest BCUT2D eigenvalue weighted by Gasteiger charge is 2.06. The lowest BCUT2D eigenvalue weighted by atomic mass is 10.2. The minimum atomic E-state index is -0.342. The van der Waals surface area contributed by atoms with E-state index >= 15 is 0 Å². The third-order valence-electron chi connectivity index (χ3n) is 3.00. The lowest BCUT2D eigenvalue weighted by molar-refractivity contribution is -0.141. The summed E-state index contributed by atoms with van der Waals surface area (Å²) in [5, 5.41) is 4.25. The Hall–Kier alpha value is -3.03. The fourth-order valence-electron chi connectivity index (χ4n) is 1.95. The number of anilines is 1. The first kappa shape index (κ1) is 17.3. The highest BCUT2D eigenvalue weighted by Crippen LogP contribution is 2.27. The quantitative estimate of drug-likeness (QED) is 0.469. The Bertz CT molecular complexity index is 740. The molecular formula is C16H20N4O4. The van der Waals surface area contributed by atoms with E-state index in [0.717, 1.165) is 11.3 Å². The Balaban J connectivity index is 2.05. The first-order valence-electron chi connectivity index (χ1n) is 7.29. The summed E-state index contributed by atoms with van der Waals surface area (Å²) in [4.78, 5) is 14.8. The Labute approximate surface area is 139 Å². The van der Waals surface area contributed by atoms with Crippen molar-refractivity contribution in [3.05, 3.63) is 35.7 Å². The summed E-state index contributed by atoms with van der Waals surface area (Å²) in [7, 11) is 1.55. The molecule has 2 aromatic rings. The minimum absolute atomic E-state index is 0.182. The average Bonchev–Trinajstić information content (AvgIpc) is 2.87. The standard InChI is InChI=1S/C16H20N4O4/c1-11-10-20(16(17)19-11)18-9-13-4-5-14(15(8-13)22-3)24-7-6-23-12(2)21/h4-5,8-10H,6-7H2,1-3H3,(H2,17,19). The maximum absolute atomic E-state index is 10.7. The van der Waals surface area contributed by atoms with Crippen molar-refractivity contribution in [2.24, 2.45) is 5.10 Å². The number of nitrogens with zero attached hydrogens (tertiary/aromatic N) is 3. The smallest absolute Gasteiger partial charge is 0.302 e. The highest BCUT2D eigenvalue weighted by molar-refractivity contribution is 5.81. The second-order valence-corrected chi connectivity index (χ2v) is 4.93. The van der Waals surface area contributed by atoms with Gasteiger partial charge in [-0.2, -0.15) is 5.10 Å². The third-order valence-corrected chi connectivity index (χ3v) is 3.00. The fourth-order valence-corrected chi connectivity index (χ4v) is 1.95. The van der Waals surface area contributed by atoms with E-state index in [1.165, 1.54) is 11.6 Å². The number of benzene rings is 1. The number of hydrogen-bond acceptors (Lipinski definition) is 7. The Morgan fingerprint density at radius 1 is 1.38 bits per heavy atom. The van der Waals surface area contributed by atoms with Crippen LogP contribution in [-0.4, -0.2) is 42.2 Å². The molecule has 0 bridgehead atoms. The summed E-state index contributed by atoms with van der Waals surface area (Å²) >= 11 is 0. The van der Waals surface area contributed by atoms with Gasteiger partial charge in [0.05, 0.1) is 25.2 Å². The van der Waals surface area contributed by atoms with E-state index in [4.69, 9.17) is 19.9 Å². The van der Waals surface area contributed by atoms with Crippen molar-refractivity contribution in [1.82, 2.24) is 9.66 Å². The normalized spacial score (nSPS) is 10.8. The zero-order valence-corrected chi connectivity index (χ0v) is 13.9. The number of aromatic nitrogens is 2. The molecule has 1 aromatic heterocycles. The summed E-state index contributed by atoms with van der Waals surface area (Å²) in [6.07, 6.45) is 3.37. The molecule has 0 aliphatic rings. The van der Waals surface area contributed by atoms with E-state index in [9.17, 15) is 4.79 Å². The van der Waals surface area contributed by atoms with Crippen LogP contribution in [0.3, 0.4) is 0 Å². The van der Waals surface area contributed by atoms with Gasteiger partial charge in [0.15, 0.2) is 11.5 Å². The first-order chi connectivity index (χ1) is 11.5. The topological polar surface area (TPSA) is 101 Å². The number of imidazole rings is 1. The molecule has 0 spiro atoms.